The van der Waals surface area contributed by atoms with Crippen molar-refractivity contribution in [3.05, 3.63) is 82.1 Å². The van der Waals surface area contributed by atoms with Crippen LogP contribution in [-0.2, 0) is 6.54 Å². The molecule has 0 spiro atoms. The maximum atomic E-state index is 12.6. The van der Waals surface area contributed by atoms with Gasteiger partial charge in [-0.1, -0.05) is 29.3 Å². The maximum Gasteiger partial charge on any atom is 0.251 e. The number of hydrogen-bond donors (Lipinski definition) is 2. The van der Waals surface area contributed by atoms with Crippen molar-refractivity contribution < 1.29 is 4.79 Å². The molecule has 2 N–H and O–H groups in total. The minimum absolute atomic E-state index is 0.213. The van der Waals surface area contributed by atoms with Crippen molar-refractivity contribution in [2.75, 3.05) is 0 Å². The lowest BCUT2D eigenvalue weighted by Gasteiger charge is -2.09. The van der Waals surface area contributed by atoms with Gasteiger partial charge in [-0.15, -0.1) is 0 Å². The first-order chi connectivity index (χ1) is 13.1. The van der Waals surface area contributed by atoms with Crippen molar-refractivity contribution in [3.8, 4) is 11.3 Å². The van der Waals surface area contributed by atoms with Gasteiger partial charge in [0.15, 0.2) is 0 Å². The van der Waals surface area contributed by atoms with E-state index in [0.717, 1.165) is 22.2 Å². The highest BCUT2D eigenvalue weighted by atomic mass is 35.5. The monoisotopic (exact) mass is 396 g/mol. The van der Waals surface area contributed by atoms with Crippen molar-refractivity contribution in [2.24, 2.45) is 0 Å². The zero-order chi connectivity index (χ0) is 18.8. The van der Waals surface area contributed by atoms with E-state index in [-0.39, 0.29) is 12.5 Å². The largest absolute Gasteiger partial charge is 0.348 e. The van der Waals surface area contributed by atoms with Gasteiger partial charge in [0.05, 0.1) is 5.52 Å². The molecule has 1 amide bonds. The number of pyridine rings is 1. The van der Waals surface area contributed by atoms with Gasteiger partial charge in [-0.2, -0.15) is 5.10 Å². The van der Waals surface area contributed by atoms with Crippen LogP contribution in [0.3, 0.4) is 0 Å². The van der Waals surface area contributed by atoms with E-state index in [1.54, 1.807) is 36.7 Å². The van der Waals surface area contributed by atoms with Crippen molar-refractivity contribution in [2.45, 2.75) is 6.54 Å². The van der Waals surface area contributed by atoms with E-state index in [1.807, 2.05) is 24.3 Å². The van der Waals surface area contributed by atoms with Crippen LogP contribution in [-0.4, -0.2) is 21.1 Å². The van der Waals surface area contributed by atoms with Crippen LogP contribution in [0.25, 0.3) is 22.2 Å². The number of halogens is 2. The molecule has 134 valence electrons. The Balaban J connectivity index is 1.61. The third kappa shape index (κ3) is 3.52. The van der Waals surface area contributed by atoms with Crippen LogP contribution in [0.15, 0.2) is 60.9 Å². The Hall–Kier alpha value is -2.89. The average Bonchev–Trinajstić information content (AvgIpc) is 3.11. The molecular formula is C20H14Cl2N4O. The Bertz CT molecular complexity index is 1110. The normalized spacial score (nSPS) is 10.9. The molecule has 4 rings (SSSR count). The summed E-state index contributed by atoms with van der Waals surface area (Å²) in [6, 6.07) is 14.4. The van der Waals surface area contributed by atoms with E-state index in [4.69, 9.17) is 23.2 Å². The van der Waals surface area contributed by atoms with Crippen molar-refractivity contribution in [1.29, 1.82) is 0 Å². The Labute approximate surface area is 165 Å². The Morgan fingerprint density at radius 1 is 1.04 bits per heavy atom. The summed E-state index contributed by atoms with van der Waals surface area (Å²) in [4.78, 5) is 16.6. The third-order valence-electron chi connectivity index (χ3n) is 4.27. The van der Waals surface area contributed by atoms with Crippen LogP contribution in [0.1, 0.15) is 15.9 Å². The fourth-order valence-electron chi connectivity index (χ4n) is 2.86. The number of carbonyl (C=O) groups is 1. The summed E-state index contributed by atoms with van der Waals surface area (Å²) in [5, 5.41) is 12.1. The van der Waals surface area contributed by atoms with Gasteiger partial charge in [-0.05, 0) is 42.5 Å². The second-order valence-electron chi connectivity index (χ2n) is 5.95. The van der Waals surface area contributed by atoms with E-state index in [9.17, 15) is 4.79 Å². The third-order valence-corrected chi connectivity index (χ3v) is 4.97. The van der Waals surface area contributed by atoms with E-state index >= 15 is 0 Å². The van der Waals surface area contributed by atoms with E-state index < -0.39 is 0 Å². The smallest absolute Gasteiger partial charge is 0.251 e. The molecule has 0 aliphatic rings. The van der Waals surface area contributed by atoms with Gasteiger partial charge in [-0.25, -0.2) is 0 Å². The van der Waals surface area contributed by atoms with E-state index in [1.165, 1.54) is 0 Å². The summed E-state index contributed by atoms with van der Waals surface area (Å²) in [6.07, 6.45) is 3.42. The van der Waals surface area contributed by atoms with Gasteiger partial charge in [0.1, 0.15) is 5.69 Å². The van der Waals surface area contributed by atoms with Crippen LogP contribution in [0, 0.1) is 0 Å². The van der Waals surface area contributed by atoms with Gasteiger partial charge in [0.25, 0.3) is 5.91 Å². The molecule has 0 atom stereocenters. The number of fused-ring (bicyclic) bond motifs is 1. The summed E-state index contributed by atoms with van der Waals surface area (Å²) in [5.74, 6) is -0.213. The summed E-state index contributed by atoms with van der Waals surface area (Å²) >= 11 is 12.3. The number of aromatic nitrogens is 3. The summed E-state index contributed by atoms with van der Waals surface area (Å²) in [7, 11) is 0. The van der Waals surface area contributed by atoms with Crippen LogP contribution in [0.5, 0.6) is 0 Å². The number of H-pyrrole nitrogens is 1. The highest BCUT2D eigenvalue weighted by Gasteiger charge is 2.13. The molecule has 0 saturated heterocycles. The van der Waals surface area contributed by atoms with Crippen LogP contribution in [0.2, 0.25) is 10.0 Å². The molecule has 2 heterocycles. The quantitative estimate of drug-likeness (QED) is 0.517. The number of carbonyl (C=O) groups excluding carboxylic acids is 1. The van der Waals surface area contributed by atoms with Gasteiger partial charge >= 0.3 is 0 Å². The lowest BCUT2D eigenvalue weighted by atomic mass is 10.1. The summed E-state index contributed by atoms with van der Waals surface area (Å²) in [5.41, 5.74) is 3.78. The van der Waals surface area contributed by atoms with E-state index in [2.05, 4.69) is 20.5 Å². The number of nitrogens with zero attached hydrogens (tertiary/aromatic N) is 2. The van der Waals surface area contributed by atoms with Crippen LogP contribution < -0.4 is 5.32 Å². The first-order valence-corrected chi connectivity index (χ1v) is 8.98. The van der Waals surface area contributed by atoms with Crippen molar-refractivity contribution in [3.63, 3.8) is 0 Å². The van der Waals surface area contributed by atoms with E-state index in [0.29, 0.717) is 21.2 Å². The predicted octanol–water partition coefficient (Wildman–Crippen LogP) is 4.86. The number of hydrogen-bond acceptors (Lipinski definition) is 3. The molecule has 2 aromatic heterocycles. The van der Waals surface area contributed by atoms with Gasteiger partial charge in [0, 0.05) is 51.1 Å². The highest BCUT2D eigenvalue weighted by Crippen LogP contribution is 2.27. The summed E-state index contributed by atoms with van der Waals surface area (Å²) < 4.78 is 0. The number of amides is 1. The Morgan fingerprint density at radius 3 is 2.52 bits per heavy atom. The first kappa shape index (κ1) is 17.5. The number of aromatic amines is 1. The SMILES string of the molecule is O=C(NCc1c(Cl)cccc1Cl)c1ccc2[nH]nc(-c3ccncc3)c2c1. The molecule has 5 nitrogen and oxygen atoms in total. The average molecular weight is 397 g/mol. The standard InChI is InChI=1S/C20H14Cl2N4O/c21-16-2-1-3-17(22)15(16)11-24-20(27)13-4-5-18-14(10-13)19(26-25-18)12-6-8-23-9-7-12/h1-10H,11H2,(H,24,27)(H,25,26). The molecule has 0 aliphatic carbocycles. The lowest BCUT2D eigenvalue weighted by Crippen LogP contribution is -2.23. The van der Waals surface area contributed by atoms with Gasteiger partial charge in [0.2, 0.25) is 0 Å². The van der Waals surface area contributed by atoms with Gasteiger partial charge in [-0.3, -0.25) is 14.9 Å². The zero-order valence-electron chi connectivity index (χ0n) is 14.0. The molecular weight excluding hydrogens is 383 g/mol. The number of nitrogens with one attached hydrogen (secondary N) is 2. The molecule has 0 radical (unpaired) electrons. The molecule has 0 unspecified atom stereocenters. The summed E-state index contributed by atoms with van der Waals surface area (Å²) in [6.45, 7) is 0.248. The predicted molar refractivity (Wildman–Crippen MR) is 107 cm³/mol. The highest BCUT2D eigenvalue weighted by molar-refractivity contribution is 6.36. The fraction of sp³-hybridized carbons (Fsp3) is 0.0500. The zero-order valence-corrected chi connectivity index (χ0v) is 15.6. The first-order valence-electron chi connectivity index (χ1n) is 8.23. The molecule has 2 aromatic carbocycles. The van der Waals surface area contributed by atoms with Crippen molar-refractivity contribution >= 4 is 40.0 Å². The molecule has 7 heteroatoms. The lowest BCUT2D eigenvalue weighted by molar-refractivity contribution is 0.0951. The molecule has 0 aliphatic heterocycles. The van der Waals surface area contributed by atoms with Crippen LogP contribution >= 0.6 is 23.2 Å². The Kier molecular flexibility index (Phi) is 4.79. The maximum absolute atomic E-state index is 12.6. The number of benzene rings is 2. The van der Waals surface area contributed by atoms with Crippen molar-refractivity contribution in [1.82, 2.24) is 20.5 Å². The Morgan fingerprint density at radius 2 is 1.78 bits per heavy atom. The van der Waals surface area contributed by atoms with Gasteiger partial charge < -0.3 is 5.32 Å². The minimum Gasteiger partial charge on any atom is -0.348 e. The number of rotatable bonds is 4. The molecule has 0 fully saturated rings. The molecule has 0 saturated carbocycles. The topological polar surface area (TPSA) is 70.7 Å². The second kappa shape index (κ2) is 7.39. The molecule has 4 aromatic rings. The fourth-order valence-corrected chi connectivity index (χ4v) is 3.39. The second-order valence-corrected chi connectivity index (χ2v) is 6.77. The van der Waals surface area contributed by atoms with Crippen LogP contribution in [0.4, 0.5) is 0 Å². The molecule has 0 bridgehead atoms. The molecule has 27 heavy (non-hydrogen) atoms. The minimum atomic E-state index is -0.213.